The zero-order chi connectivity index (χ0) is 20.5. The maximum Gasteiger partial charge on any atom is 0.255 e. The Hall–Kier alpha value is -3.02. The van der Waals surface area contributed by atoms with Crippen molar-refractivity contribution in [2.75, 3.05) is 25.1 Å². The van der Waals surface area contributed by atoms with E-state index in [1.165, 1.54) is 0 Å². The molecule has 0 aliphatic heterocycles. The average molecular weight is 384 g/mol. The Bertz CT molecular complexity index is 820. The highest BCUT2D eigenvalue weighted by molar-refractivity contribution is 6.04. The molecule has 0 aliphatic rings. The van der Waals surface area contributed by atoms with E-state index in [9.17, 15) is 9.59 Å². The summed E-state index contributed by atoms with van der Waals surface area (Å²) in [5, 5.41) is 2.90. The van der Waals surface area contributed by atoms with Gasteiger partial charge in [-0.05, 0) is 56.7 Å². The number of ether oxygens (including phenoxy) is 2. The number of nitrogens with zero attached hydrogens (tertiary/aromatic N) is 1. The van der Waals surface area contributed by atoms with E-state index in [0.29, 0.717) is 49.1 Å². The molecular formula is C22H28N2O4. The molecule has 6 nitrogen and oxygen atoms in total. The van der Waals surface area contributed by atoms with Crippen LogP contribution in [0.25, 0.3) is 0 Å². The molecule has 28 heavy (non-hydrogen) atoms. The van der Waals surface area contributed by atoms with E-state index in [1.54, 1.807) is 30.0 Å². The van der Waals surface area contributed by atoms with Gasteiger partial charge < -0.3 is 19.7 Å². The van der Waals surface area contributed by atoms with Crippen LogP contribution < -0.4 is 14.8 Å². The maximum absolute atomic E-state index is 12.7. The minimum atomic E-state index is -0.236. The third-order valence-corrected chi connectivity index (χ3v) is 4.19. The van der Waals surface area contributed by atoms with Crippen LogP contribution >= 0.6 is 0 Å². The molecule has 0 heterocycles. The Labute approximate surface area is 166 Å². The first-order valence-corrected chi connectivity index (χ1v) is 9.53. The van der Waals surface area contributed by atoms with Gasteiger partial charge in [0.1, 0.15) is 0 Å². The van der Waals surface area contributed by atoms with Crippen LogP contribution in [0.15, 0.2) is 42.5 Å². The molecule has 6 heteroatoms. The first-order chi connectivity index (χ1) is 13.5. The highest BCUT2D eigenvalue weighted by Crippen LogP contribution is 2.29. The summed E-state index contributed by atoms with van der Waals surface area (Å²) in [4.78, 5) is 26.0. The van der Waals surface area contributed by atoms with Crippen molar-refractivity contribution in [1.82, 2.24) is 4.90 Å². The number of carbonyl (C=O) groups excluding carboxylic acids is 2. The topological polar surface area (TPSA) is 67.9 Å². The molecule has 0 bridgehead atoms. The summed E-state index contributed by atoms with van der Waals surface area (Å²) in [5.74, 6) is 0.951. The standard InChI is InChI=1S/C22H28N2O4/c1-5-24(16(4)25)15-17-9-8-10-19(13-17)23-22(26)18-11-12-20(27-6-2)21(14-18)28-7-3/h8-14H,5-7,15H2,1-4H3,(H,23,26). The van der Waals surface area contributed by atoms with Crippen LogP contribution in [0.5, 0.6) is 11.5 Å². The van der Waals surface area contributed by atoms with E-state index in [1.807, 2.05) is 45.0 Å². The number of hydrogen-bond acceptors (Lipinski definition) is 4. The van der Waals surface area contributed by atoms with Crippen LogP contribution in [0.3, 0.4) is 0 Å². The molecule has 1 N–H and O–H groups in total. The maximum atomic E-state index is 12.7. The number of carbonyl (C=O) groups is 2. The second-order valence-electron chi connectivity index (χ2n) is 6.22. The van der Waals surface area contributed by atoms with Crippen LogP contribution in [0, 0.1) is 0 Å². The van der Waals surface area contributed by atoms with Crippen LogP contribution in [0.1, 0.15) is 43.6 Å². The van der Waals surface area contributed by atoms with Crippen molar-refractivity contribution in [2.45, 2.75) is 34.2 Å². The number of anilines is 1. The predicted molar refractivity (Wildman–Crippen MR) is 110 cm³/mol. The van der Waals surface area contributed by atoms with E-state index < -0.39 is 0 Å². The zero-order valence-corrected chi connectivity index (χ0v) is 17.0. The third kappa shape index (κ3) is 5.74. The third-order valence-electron chi connectivity index (χ3n) is 4.19. The van der Waals surface area contributed by atoms with Crippen molar-refractivity contribution in [3.8, 4) is 11.5 Å². The van der Waals surface area contributed by atoms with E-state index in [-0.39, 0.29) is 11.8 Å². The molecule has 2 amide bonds. The van der Waals surface area contributed by atoms with E-state index >= 15 is 0 Å². The van der Waals surface area contributed by atoms with Crippen LogP contribution in [-0.4, -0.2) is 36.5 Å². The highest BCUT2D eigenvalue weighted by Gasteiger charge is 2.13. The quantitative estimate of drug-likeness (QED) is 0.707. The summed E-state index contributed by atoms with van der Waals surface area (Å²) >= 11 is 0. The molecule has 0 saturated heterocycles. The van der Waals surface area contributed by atoms with Crippen molar-refractivity contribution < 1.29 is 19.1 Å². The molecule has 2 aromatic rings. The van der Waals surface area contributed by atoms with Crippen LogP contribution in [-0.2, 0) is 11.3 Å². The molecule has 150 valence electrons. The first-order valence-electron chi connectivity index (χ1n) is 9.53. The number of rotatable bonds is 9. The van der Waals surface area contributed by atoms with Crippen molar-refractivity contribution >= 4 is 17.5 Å². The van der Waals surface area contributed by atoms with E-state index in [2.05, 4.69) is 5.32 Å². The monoisotopic (exact) mass is 384 g/mol. The lowest BCUT2D eigenvalue weighted by Crippen LogP contribution is -2.27. The van der Waals surface area contributed by atoms with Crippen molar-refractivity contribution in [2.24, 2.45) is 0 Å². The molecule has 0 fully saturated rings. The summed E-state index contributed by atoms with van der Waals surface area (Å²) in [6.07, 6.45) is 0. The molecule has 0 radical (unpaired) electrons. The smallest absolute Gasteiger partial charge is 0.255 e. The van der Waals surface area contributed by atoms with Gasteiger partial charge in [-0.15, -0.1) is 0 Å². The van der Waals surface area contributed by atoms with Crippen molar-refractivity contribution in [3.63, 3.8) is 0 Å². The van der Waals surface area contributed by atoms with Gasteiger partial charge in [0, 0.05) is 31.3 Å². The summed E-state index contributed by atoms with van der Waals surface area (Å²) in [5.41, 5.74) is 2.11. The summed E-state index contributed by atoms with van der Waals surface area (Å²) in [6, 6.07) is 12.6. The molecule has 0 aromatic heterocycles. The molecule has 0 saturated carbocycles. The average Bonchev–Trinajstić information content (AvgIpc) is 2.67. The van der Waals surface area contributed by atoms with Crippen LogP contribution in [0.4, 0.5) is 5.69 Å². The minimum absolute atomic E-state index is 0.0229. The second kappa shape index (κ2) is 10.3. The van der Waals surface area contributed by atoms with Gasteiger partial charge in [-0.3, -0.25) is 9.59 Å². The van der Waals surface area contributed by atoms with Gasteiger partial charge in [0.25, 0.3) is 5.91 Å². The summed E-state index contributed by atoms with van der Waals surface area (Å²) in [7, 11) is 0. The summed E-state index contributed by atoms with van der Waals surface area (Å²) < 4.78 is 11.1. The van der Waals surface area contributed by atoms with Gasteiger partial charge in [0.2, 0.25) is 5.91 Å². The van der Waals surface area contributed by atoms with Gasteiger partial charge in [0.05, 0.1) is 13.2 Å². The lowest BCUT2D eigenvalue weighted by molar-refractivity contribution is -0.129. The molecule has 0 aliphatic carbocycles. The van der Waals surface area contributed by atoms with Gasteiger partial charge in [-0.25, -0.2) is 0 Å². The molecule has 0 atom stereocenters. The molecular weight excluding hydrogens is 356 g/mol. The Morgan fingerprint density at radius 2 is 1.68 bits per heavy atom. The largest absolute Gasteiger partial charge is 0.490 e. The predicted octanol–water partition coefficient (Wildman–Crippen LogP) is 4.10. The second-order valence-corrected chi connectivity index (χ2v) is 6.22. The number of nitrogens with one attached hydrogen (secondary N) is 1. The molecule has 2 rings (SSSR count). The SMILES string of the molecule is CCOc1ccc(C(=O)Nc2cccc(CN(CC)C(C)=O)c2)cc1OCC. The summed E-state index contributed by atoms with van der Waals surface area (Å²) in [6.45, 7) is 9.42. The number of amides is 2. The highest BCUT2D eigenvalue weighted by atomic mass is 16.5. The number of hydrogen-bond donors (Lipinski definition) is 1. The van der Waals surface area contributed by atoms with Gasteiger partial charge in [0.15, 0.2) is 11.5 Å². The Kier molecular flexibility index (Phi) is 7.87. The fourth-order valence-corrected chi connectivity index (χ4v) is 2.81. The van der Waals surface area contributed by atoms with Gasteiger partial charge >= 0.3 is 0 Å². The fourth-order valence-electron chi connectivity index (χ4n) is 2.81. The van der Waals surface area contributed by atoms with Gasteiger partial charge in [-0.2, -0.15) is 0 Å². The minimum Gasteiger partial charge on any atom is -0.490 e. The van der Waals surface area contributed by atoms with Crippen molar-refractivity contribution in [1.29, 1.82) is 0 Å². The van der Waals surface area contributed by atoms with E-state index in [4.69, 9.17) is 9.47 Å². The lowest BCUT2D eigenvalue weighted by atomic mass is 10.1. The zero-order valence-electron chi connectivity index (χ0n) is 17.0. The normalized spacial score (nSPS) is 10.3. The fraction of sp³-hybridized carbons (Fsp3) is 0.364. The molecule has 0 unspecified atom stereocenters. The van der Waals surface area contributed by atoms with Crippen molar-refractivity contribution in [3.05, 3.63) is 53.6 Å². The Balaban J connectivity index is 2.15. The van der Waals surface area contributed by atoms with Gasteiger partial charge in [-0.1, -0.05) is 12.1 Å². The molecule has 2 aromatic carbocycles. The molecule has 0 spiro atoms. The Morgan fingerprint density at radius 1 is 0.964 bits per heavy atom. The lowest BCUT2D eigenvalue weighted by Gasteiger charge is -2.19. The van der Waals surface area contributed by atoms with Crippen LogP contribution in [0.2, 0.25) is 0 Å². The Morgan fingerprint density at radius 3 is 2.32 bits per heavy atom. The number of benzene rings is 2. The van der Waals surface area contributed by atoms with E-state index in [0.717, 1.165) is 5.56 Å². The first kappa shape index (κ1) is 21.3.